The zero-order valence-corrected chi connectivity index (χ0v) is 18.5. The van der Waals surface area contributed by atoms with E-state index in [1.54, 1.807) is 61.7 Å². The Bertz CT molecular complexity index is 1360. The first-order chi connectivity index (χ1) is 15.4. The number of H-pyrrole nitrogens is 1. The van der Waals surface area contributed by atoms with E-state index in [1.807, 2.05) is 25.1 Å². The number of benzene rings is 3. The first-order valence-corrected chi connectivity index (χ1v) is 11.7. The number of sulfone groups is 1. The van der Waals surface area contributed by atoms with Gasteiger partial charge in [0.05, 0.1) is 34.8 Å². The number of rotatable bonds is 7. The molecule has 0 radical (unpaired) electrons. The lowest BCUT2D eigenvalue weighted by Gasteiger charge is -2.12. The van der Waals surface area contributed by atoms with E-state index in [0.717, 1.165) is 11.0 Å². The predicted molar refractivity (Wildman–Crippen MR) is 122 cm³/mol. The van der Waals surface area contributed by atoms with Crippen molar-refractivity contribution in [2.75, 3.05) is 7.11 Å². The summed E-state index contributed by atoms with van der Waals surface area (Å²) in [4.78, 5) is 20.8. The summed E-state index contributed by atoms with van der Waals surface area (Å²) in [7, 11) is -1.90. The number of nitrogens with one attached hydrogen (secondary N) is 2. The average molecular weight is 450 g/mol. The summed E-state index contributed by atoms with van der Waals surface area (Å²) in [6.07, 6.45) is 0. The van der Waals surface area contributed by atoms with Crippen LogP contribution in [0.25, 0.3) is 11.0 Å². The molecule has 7 nitrogen and oxygen atoms in total. The van der Waals surface area contributed by atoms with E-state index in [0.29, 0.717) is 22.7 Å². The second-order valence-electron chi connectivity index (χ2n) is 7.47. The number of aromatic amines is 1. The summed E-state index contributed by atoms with van der Waals surface area (Å²) in [5.41, 5.74) is 2.52. The number of aromatic nitrogens is 2. The van der Waals surface area contributed by atoms with Crippen LogP contribution in [0.3, 0.4) is 0 Å². The number of nitrogens with zero attached hydrogens (tertiary/aromatic N) is 1. The smallest absolute Gasteiger partial charge is 0.251 e. The number of hydrogen-bond acceptors (Lipinski definition) is 5. The number of carbonyl (C=O) groups is 1. The molecule has 0 spiro atoms. The van der Waals surface area contributed by atoms with Gasteiger partial charge in [-0.3, -0.25) is 4.79 Å². The maximum absolute atomic E-state index is 12.8. The van der Waals surface area contributed by atoms with Crippen LogP contribution in [0.2, 0.25) is 0 Å². The summed E-state index contributed by atoms with van der Waals surface area (Å²) in [6, 6.07) is 20.1. The fourth-order valence-electron chi connectivity index (χ4n) is 3.42. The molecule has 1 aromatic heterocycles. The highest BCUT2D eigenvalue weighted by Crippen LogP contribution is 2.22. The molecule has 2 N–H and O–H groups in total. The zero-order valence-electron chi connectivity index (χ0n) is 17.7. The van der Waals surface area contributed by atoms with Gasteiger partial charge in [0.1, 0.15) is 11.6 Å². The lowest BCUT2D eigenvalue weighted by molar-refractivity contribution is 0.0938. The van der Waals surface area contributed by atoms with E-state index in [9.17, 15) is 13.2 Å². The molecule has 3 aromatic carbocycles. The Morgan fingerprint density at radius 3 is 2.59 bits per heavy atom. The van der Waals surface area contributed by atoms with Crippen LogP contribution in [0.1, 0.15) is 34.7 Å². The molecule has 164 valence electrons. The molecule has 0 saturated carbocycles. The molecule has 0 aliphatic rings. The third kappa shape index (κ3) is 4.65. The minimum absolute atomic E-state index is 0.181. The van der Waals surface area contributed by atoms with Gasteiger partial charge in [-0.2, -0.15) is 0 Å². The number of fused-ring (bicyclic) bond motifs is 1. The van der Waals surface area contributed by atoms with Crippen LogP contribution in [-0.2, 0) is 15.6 Å². The van der Waals surface area contributed by atoms with Crippen LogP contribution >= 0.6 is 0 Å². The van der Waals surface area contributed by atoms with Gasteiger partial charge in [0.25, 0.3) is 5.91 Å². The molecule has 32 heavy (non-hydrogen) atoms. The number of hydrogen-bond donors (Lipinski definition) is 2. The largest absolute Gasteiger partial charge is 0.497 e. The van der Waals surface area contributed by atoms with Gasteiger partial charge in [-0.1, -0.05) is 30.3 Å². The van der Waals surface area contributed by atoms with Crippen LogP contribution in [0.4, 0.5) is 0 Å². The van der Waals surface area contributed by atoms with Crippen molar-refractivity contribution in [1.82, 2.24) is 15.3 Å². The lowest BCUT2D eigenvalue weighted by Crippen LogP contribution is -2.27. The van der Waals surface area contributed by atoms with Crippen LogP contribution < -0.4 is 10.1 Å². The van der Waals surface area contributed by atoms with Crippen molar-refractivity contribution in [3.05, 3.63) is 89.7 Å². The molecule has 1 heterocycles. The quantitative estimate of drug-likeness (QED) is 0.444. The Labute approximate surface area is 186 Å². The third-order valence-corrected chi connectivity index (χ3v) is 6.82. The molecule has 8 heteroatoms. The molecule has 1 amide bonds. The summed E-state index contributed by atoms with van der Waals surface area (Å²) in [5.74, 6) is 0.838. The second-order valence-corrected chi connectivity index (χ2v) is 9.46. The second kappa shape index (κ2) is 8.84. The van der Waals surface area contributed by atoms with Gasteiger partial charge in [-0.05, 0) is 48.9 Å². The van der Waals surface area contributed by atoms with Gasteiger partial charge in [0.2, 0.25) is 0 Å². The van der Waals surface area contributed by atoms with Crippen molar-refractivity contribution in [1.29, 1.82) is 0 Å². The fraction of sp³-hybridized carbons (Fsp3) is 0.167. The van der Waals surface area contributed by atoms with Gasteiger partial charge in [-0.25, -0.2) is 13.4 Å². The van der Waals surface area contributed by atoms with Crippen LogP contribution in [0, 0.1) is 0 Å². The molecule has 0 aliphatic heterocycles. The molecular weight excluding hydrogens is 426 g/mol. The maximum Gasteiger partial charge on any atom is 0.251 e. The van der Waals surface area contributed by atoms with Crippen molar-refractivity contribution in [2.45, 2.75) is 23.6 Å². The highest BCUT2D eigenvalue weighted by Gasteiger charge is 2.18. The first kappa shape index (κ1) is 21.6. The van der Waals surface area contributed by atoms with E-state index in [2.05, 4.69) is 15.3 Å². The molecule has 0 unspecified atom stereocenters. The van der Waals surface area contributed by atoms with E-state index >= 15 is 0 Å². The first-order valence-electron chi connectivity index (χ1n) is 10.1. The van der Waals surface area contributed by atoms with Crippen LogP contribution in [-0.4, -0.2) is 31.4 Å². The minimum atomic E-state index is -3.50. The van der Waals surface area contributed by atoms with Crippen molar-refractivity contribution < 1.29 is 17.9 Å². The topological polar surface area (TPSA) is 101 Å². The Morgan fingerprint density at radius 1 is 1.06 bits per heavy atom. The van der Waals surface area contributed by atoms with E-state index in [4.69, 9.17) is 4.74 Å². The van der Waals surface area contributed by atoms with Gasteiger partial charge in [-0.15, -0.1) is 0 Å². The van der Waals surface area contributed by atoms with Gasteiger partial charge >= 0.3 is 0 Å². The molecule has 0 aliphatic carbocycles. The number of amides is 1. The number of carbonyl (C=O) groups excluding carboxylic acids is 1. The van der Waals surface area contributed by atoms with Gasteiger partial charge < -0.3 is 15.0 Å². The molecule has 0 saturated heterocycles. The SMILES string of the molecule is COc1ccc2nc([C@H](C)NC(=O)c3cccc(CS(=O)(=O)c4ccccc4)c3)[nH]c2c1. The fourth-order valence-corrected chi connectivity index (χ4v) is 4.78. The van der Waals surface area contributed by atoms with Crippen LogP contribution in [0.15, 0.2) is 77.7 Å². The molecule has 4 aromatic rings. The Kier molecular flexibility index (Phi) is 5.96. The van der Waals surface area contributed by atoms with Crippen molar-refractivity contribution in [3.63, 3.8) is 0 Å². The Morgan fingerprint density at radius 2 is 1.84 bits per heavy atom. The summed E-state index contributed by atoms with van der Waals surface area (Å²) in [6.45, 7) is 1.83. The number of methoxy groups -OCH3 is 1. The lowest BCUT2D eigenvalue weighted by atomic mass is 10.1. The standard InChI is InChI=1S/C24H23N3O4S/c1-16(23-26-21-12-11-19(31-2)14-22(21)27-23)25-24(28)18-8-6-7-17(13-18)15-32(29,30)20-9-4-3-5-10-20/h3-14,16H,15H2,1-2H3,(H,25,28)(H,26,27)/t16-/m0/s1. The van der Waals surface area contributed by atoms with E-state index in [-0.39, 0.29) is 22.6 Å². The summed E-state index contributed by atoms with van der Waals surface area (Å²) >= 11 is 0. The van der Waals surface area contributed by atoms with Crippen molar-refractivity contribution in [3.8, 4) is 5.75 Å². The highest BCUT2D eigenvalue weighted by atomic mass is 32.2. The third-order valence-electron chi connectivity index (χ3n) is 5.11. The highest BCUT2D eigenvalue weighted by molar-refractivity contribution is 7.90. The van der Waals surface area contributed by atoms with Gasteiger partial charge in [0, 0.05) is 11.6 Å². The monoisotopic (exact) mass is 449 g/mol. The summed E-state index contributed by atoms with van der Waals surface area (Å²) in [5, 5.41) is 2.91. The molecule has 4 rings (SSSR count). The van der Waals surface area contributed by atoms with E-state index in [1.165, 1.54) is 0 Å². The van der Waals surface area contributed by atoms with Crippen molar-refractivity contribution >= 4 is 26.8 Å². The van der Waals surface area contributed by atoms with Crippen LogP contribution in [0.5, 0.6) is 5.75 Å². The normalized spacial score (nSPS) is 12.4. The molecular formula is C24H23N3O4S. The molecule has 1 atom stereocenters. The Balaban J connectivity index is 1.49. The zero-order chi connectivity index (χ0) is 22.7. The van der Waals surface area contributed by atoms with Gasteiger partial charge in [0.15, 0.2) is 9.84 Å². The number of imidazole rings is 1. The minimum Gasteiger partial charge on any atom is -0.497 e. The van der Waals surface area contributed by atoms with Crippen molar-refractivity contribution in [2.24, 2.45) is 0 Å². The maximum atomic E-state index is 12.8. The predicted octanol–water partition coefficient (Wildman–Crippen LogP) is 4.04. The van der Waals surface area contributed by atoms with E-state index < -0.39 is 9.84 Å². The number of ether oxygens (including phenoxy) is 1. The summed E-state index contributed by atoms with van der Waals surface area (Å²) < 4.78 is 30.5. The Hall–Kier alpha value is -3.65. The molecule has 0 bridgehead atoms. The molecule has 0 fully saturated rings. The average Bonchev–Trinajstić information content (AvgIpc) is 3.23.